The Bertz CT molecular complexity index is 706. The maximum absolute atomic E-state index is 13.8. The number of benzene rings is 2. The molecule has 4 nitrogen and oxygen atoms in total. The Labute approximate surface area is 134 Å². The summed E-state index contributed by atoms with van der Waals surface area (Å²) in [5.74, 6) is 0.0299. The van der Waals surface area contributed by atoms with Crippen molar-refractivity contribution in [3.8, 4) is 5.75 Å². The second kappa shape index (κ2) is 6.28. The number of rotatable bonds is 4. The van der Waals surface area contributed by atoms with Crippen molar-refractivity contribution in [3.63, 3.8) is 0 Å². The molecule has 23 heavy (non-hydrogen) atoms. The van der Waals surface area contributed by atoms with E-state index in [0.29, 0.717) is 30.0 Å². The lowest BCUT2D eigenvalue weighted by atomic mass is 9.79. The van der Waals surface area contributed by atoms with E-state index in [2.05, 4.69) is 5.32 Å². The van der Waals surface area contributed by atoms with Crippen LogP contribution in [0, 0.1) is 5.82 Å². The lowest BCUT2D eigenvalue weighted by Crippen LogP contribution is -2.48. The molecule has 1 aliphatic heterocycles. The summed E-state index contributed by atoms with van der Waals surface area (Å²) in [5, 5.41) is 23.7. The van der Waals surface area contributed by atoms with E-state index in [1.807, 2.05) is 31.2 Å². The first-order valence-corrected chi connectivity index (χ1v) is 7.65. The minimum Gasteiger partial charge on any atom is -0.488 e. The van der Waals surface area contributed by atoms with Crippen molar-refractivity contribution in [2.45, 2.75) is 25.2 Å². The summed E-state index contributed by atoms with van der Waals surface area (Å²) in [4.78, 5) is 0. The highest BCUT2D eigenvalue weighted by molar-refractivity contribution is 5.50. The van der Waals surface area contributed by atoms with Gasteiger partial charge in [-0.2, -0.15) is 0 Å². The van der Waals surface area contributed by atoms with Gasteiger partial charge in [-0.15, -0.1) is 0 Å². The van der Waals surface area contributed by atoms with E-state index in [1.54, 1.807) is 6.07 Å². The zero-order chi connectivity index (χ0) is 16.4. The molecule has 2 aromatic rings. The van der Waals surface area contributed by atoms with Gasteiger partial charge in [-0.1, -0.05) is 24.3 Å². The molecular weight excluding hydrogens is 297 g/mol. The SMILES string of the molecule is CC(NCCO)C1(O)c2ccccc2COc2ccc(F)cc21. The maximum atomic E-state index is 13.8. The minimum atomic E-state index is -1.46. The van der Waals surface area contributed by atoms with Crippen molar-refractivity contribution in [3.05, 3.63) is 65.0 Å². The first-order valence-electron chi connectivity index (χ1n) is 7.65. The summed E-state index contributed by atoms with van der Waals surface area (Å²) in [6, 6.07) is 11.2. The normalized spacial score (nSPS) is 20.9. The van der Waals surface area contributed by atoms with Gasteiger partial charge in [0.05, 0.1) is 6.61 Å². The maximum Gasteiger partial charge on any atom is 0.134 e. The molecule has 0 aliphatic carbocycles. The van der Waals surface area contributed by atoms with E-state index in [9.17, 15) is 9.50 Å². The first-order chi connectivity index (χ1) is 11.1. The molecule has 0 fully saturated rings. The van der Waals surface area contributed by atoms with Gasteiger partial charge < -0.3 is 20.3 Å². The summed E-state index contributed by atoms with van der Waals surface area (Å²) in [7, 11) is 0. The molecule has 1 aliphatic rings. The number of aliphatic hydroxyl groups is 2. The van der Waals surface area contributed by atoms with Crippen molar-refractivity contribution in [1.82, 2.24) is 5.32 Å². The molecule has 122 valence electrons. The zero-order valence-electron chi connectivity index (χ0n) is 12.9. The third-order valence-corrected chi connectivity index (χ3v) is 4.35. The van der Waals surface area contributed by atoms with Crippen LogP contribution >= 0.6 is 0 Å². The minimum absolute atomic E-state index is 0.0470. The van der Waals surface area contributed by atoms with Gasteiger partial charge in [0, 0.05) is 18.2 Å². The fraction of sp³-hybridized carbons (Fsp3) is 0.333. The van der Waals surface area contributed by atoms with Crippen LogP contribution in [0.4, 0.5) is 4.39 Å². The molecule has 1 heterocycles. The topological polar surface area (TPSA) is 61.7 Å². The predicted octanol–water partition coefficient (Wildman–Crippen LogP) is 1.92. The van der Waals surface area contributed by atoms with Gasteiger partial charge in [0.15, 0.2) is 0 Å². The molecule has 0 saturated carbocycles. The molecule has 2 unspecified atom stereocenters. The van der Waals surface area contributed by atoms with E-state index in [-0.39, 0.29) is 6.61 Å². The molecule has 0 radical (unpaired) electrons. The quantitative estimate of drug-likeness (QED) is 0.806. The van der Waals surface area contributed by atoms with Crippen molar-refractivity contribution in [1.29, 1.82) is 0 Å². The Morgan fingerprint density at radius 3 is 2.83 bits per heavy atom. The van der Waals surface area contributed by atoms with Gasteiger partial charge in [-0.25, -0.2) is 4.39 Å². The summed E-state index contributed by atoms with van der Waals surface area (Å²) >= 11 is 0. The monoisotopic (exact) mass is 317 g/mol. The van der Waals surface area contributed by atoms with Gasteiger partial charge in [0.2, 0.25) is 0 Å². The second-order valence-electron chi connectivity index (χ2n) is 5.75. The summed E-state index contributed by atoms with van der Waals surface area (Å²) < 4.78 is 19.6. The van der Waals surface area contributed by atoms with Crippen LogP contribution in [-0.4, -0.2) is 29.4 Å². The molecule has 0 amide bonds. The molecule has 0 aromatic heterocycles. The van der Waals surface area contributed by atoms with E-state index in [1.165, 1.54) is 12.1 Å². The Hall–Kier alpha value is -1.95. The average Bonchev–Trinajstić information content (AvgIpc) is 2.69. The lowest BCUT2D eigenvalue weighted by Gasteiger charge is -2.36. The van der Waals surface area contributed by atoms with Crippen LogP contribution in [0.25, 0.3) is 0 Å². The van der Waals surface area contributed by atoms with Gasteiger partial charge in [-0.3, -0.25) is 0 Å². The van der Waals surface area contributed by atoms with Crippen LogP contribution in [0.15, 0.2) is 42.5 Å². The van der Waals surface area contributed by atoms with E-state index in [4.69, 9.17) is 9.84 Å². The first kappa shape index (κ1) is 15.9. The molecule has 2 atom stereocenters. The molecule has 3 N–H and O–H groups in total. The number of aliphatic hydroxyl groups excluding tert-OH is 1. The highest BCUT2D eigenvalue weighted by Crippen LogP contribution is 2.42. The standard InChI is InChI=1S/C18H20FNO3/c1-12(20-8-9-21)18(22)15-5-3-2-4-13(15)11-23-17-7-6-14(19)10-16(17)18/h2-7,10,12,20-22H,8-9,11H2,1H3. The average molecular weight is 317 g/mol. The smallest absolute Gasteiger partial charge is 0.134 e. The lowest BCUT2D eigenvalue weighted by molar-refractivity contribution is 0.0413. The summed E-state index contributed by atoms with van der Waals surface area (Å²) in [6.07, 6.45) is 0. The largest absolute Gasteiger partial charge is 0.488 e. The van der Waals surface area contributed by atoms with Gasteiger partial charge in [0.25, 0.3) is 0 Å². The molecule has 5 heteroatoms. The van der Waals surface area contributed by atoms with Gasteiger partial charge in [0.1, 0.15) is 23.8 Å². The van der Waals surface area contributed by atoms with Crippen LogP contribution in [0.5, 0.6) is 5.75 Å². The molecule has 0 saturated heterocycles. The highest BCUT2D eigenvalue weighted by atomic mass is 19.1. The fourth-order valence-corrected chi connectivity index (χ4v) is 3.14. The van der Waals surface area contributed by atoms with Gasteiger partial charge >= 0.3 is 0 Å². The molecule has 2 aromatic carbocycles. The number of hydrogen-bond donors (Lipinski definition) is 3. The molecular formula is C18H20FNO3. The van der Waals surface area contributed by atoms with Crippen LogP contribution in [-0.2, 0) is 12.2 Å². The van der Waals surface area contributed by atoms with E-state index in [0.717, 1.165) is 5.56 Å². The highest BCUT2D eigenvalue weighted by Gasteiger charge is 2.43. The number of fused-ring (bicyclic) bond motifs is 2. The van der Waals surface area contributed by atoms with Crippen LogP contribution in [0.3, 0.4) is 0 Å². The third-order valence-electron chi connectivity index (χ3n) is 4.35. The predicted molar refractivity (Wildman–Crippen MR) is 84.7 cm³/mol. The van der Waals surface area contributed by atoms with Crippen LogP contribution < -0.4 is 10.1 Å². The molecule has 0 bridgehead atoms. The Morgan fingerprint density at radius 1 is 1.26 bits per heavy atom. The Balaban J connectivity index is 2.20. The third kappa shape index (κ3) is 2.72. The van der Waals surface area contributed by atoms with E-state index < -0.39 is 17.5 Å². The molecule has 0 spiro atoms. The Morgan fingerprint density at radius 2 is 2.04 bits per heavy atom. The van der Waals surface area contributed by atoms with Crippen molar-refractivity contribution in [2.24, 2.45) is 0 Å². The fourth-order valence-electron chi connectivity index (χ4n) is 3.14. The number of ether oxygens (including phenoxy) is 1. The summed E-state index contributed by atoms with van der Waals surface area (Å²) in [6.45, 7) is 2.40. The van der Waals surface area contributed by atoms with Gasteiger partial charge in [-0.05, 0) is 36.2 Å². The van der Waals surface area contributed by atoms with Crippen molar-refractivity contribution >= 4 is 0 Å². The number of nitrogens with one attached hydrogen (secondary N) is 1. The molecule has 3 rings (SSSR count). The number of hydrogen-bond acceptors (Lipinski definition) is 4. The van der Waals surface area contributed by atoms with Crippen LogP contribution in [0.2, 0.25) is 0 Å². The van der Waals surface area contributed by atoms with E-state index >= 15 is 0 Å². The second-order valence-corrected chi connectivity index (χ2v) is 5.75. The van der Waals surface area contributed by atoms with Crippen LogP contribution in [0.1, 0.15) is 23.6 Å². The summed E-state index contributed by atoms with van der Waals surface area (Å²) in [5.41, 5.74) is 0.464. The van der Waals surface area contributed by atoms with Crippen molar-refractivity contribution in [2.75, 3.05) is 13.2 Å². The Kier molecular flexibility index (Phi) is 4.35. The zero-order valence-corrected chi connectivity index (χ0v) is 12.9. The van der Waals surface area contributed by atoms with Crippen molar-refractivity contribution < 1.29 is 19.3 Å². The number of halogens is 1.